The van der Waals surface area contributed by atoms with E-state index in [4.69, 9.17) is 9.15 Å². The second-order valence-electron chi connectivity index (χ2n) is 8.15. The molecule has 33 heavy (non-hydrogen) atoms. The number of hydrogen-bond acceptors (Lipinski definition) is 8. The van der Waals surface area contributed by atoms with Crippen LogP contribution in [0.4, 0.5) is 5.00 Å². The Kier molecular flexibility index (Phi) is 7.36. The maximum Gasteiger partial charge on any atom is 0.277 e. The number of thioether (sulfide) groups is 1. The molecule has 4 rings (SSSR count). The van der Waals surface area contributed by atoms with E-state index in [1.54, 1.807) is 6.92 Å². The van der Waals surface area contributed by atoms with Gasteiger partial charge in [-0.3, -0.25) is 4.79 Å². The minimum absolute atomic E-state index is 0.157. The van der Waals surface area contributed by atoms with Crippen molar-refractivity contribution < 1.29 is 13.9 Å². The lowest BCUT2D eigenvalue weighted by atomic mass is 10.1. The Morgan fingerprint density at radius 1 is 1.30 bits per heavy atom. The maximum absolute atomic E-state index is 12.8. The number of anilines is 1. The maximum atomic E-state index is 12.8. The molecular weight excluding hydrogens is 456 g/mol. The molecule has 0 bridgehead atoms. The van der Waals surface area contributed by atoms with Crippen LogP contribution >= 0.6 is 23.1 Å². The molecule has 0 radical (unpaired) electrons. The Bertz CT molecular complexity index is 1200. The second-order valence-corrected chi connectivity index (χ2v) is 10.5. The zero-order valence-electron chi connectivity index (χ0n) is 18.9. The average molecular weight is 483 g/mol. The largest absolute Gasteiger partial charge is 0.484 e. The van der Waals surface area contributed by atoms with E-state index in [1.165, 1.54) is 34.4 Å². The van der Waals surface area contributed by atoms with E-state index in [2.05, 4.69) is 21.6 Å². The Balaban J connectivity index is 1.36. The molecule has 0 saturated heterocycles. The summed E-state index contributed by atoms with van der Waals surface area (Å²) < 4.78 is 11.5. The summed E-state index contributed by atoms with van der Waals surface area (Å²) in [6.07, 6.45) is 5.28. The van der Waals surface area contributed by atoms with E-state index in [-0.39, 0.29) is 12.5 Å². The molecule has 2 aromatic heterocycles. The molecule has 0 aliphatic heterocycles. The summed E-state index contributed by atoms with van der Waals surface area (Å²) in [4.78, 5) is 14.0. The second kappa shape index (κ2) is 10.4. The third kappa shape index (κ3) is 5.57. The number of rotatable bonds is 7. The van der Waals surface area contributed by atoms with Crippen molar-refractivity contribution in [3.8, 4) is 11.8 Å². The summed E-state index contributed by atoms with van der Waals surface area (Å²) in [5.41, 5.74) is 3.87. The van der Waals surface area contributed by atoms with Gasteiger partial charge in [0.25, 0.3) is 11.1 Å². The first kappa shape index (κ1) is 23.3. The van der Waals surface area contributed by atoms with E-state index < -0.39 is 5.25 Å². The fraction of sp³-hybridized carbons (Fsp3) is 0.417. The molecule has 0 fully saturated rings. The quantitative estimate of drug-likeness (QED) is 0.346. The third-order valence-corrected chi connectivity index (χ3v) is 7.70. The lowest BCUT2D eigenvalue weighted by Gasteiger charge is -2.09. The van der Waals surface area contributed by atoms with Gasteiger partial charge < -0.3 is 14.5 Å². The molecule has 0 spiro atoms. The highest BCUT2D eigenvalue weighted by Crippen LogP contribution is 2.37. The van der Waals surface area contributed by atoms with Crippen LogP contribution < -0.4 is 10.1 Å². The van der Waals surface area contributed by atoms with Gasteiger partial charge in [0.15, 0.2) is 6.61 Å². The molecule has 3 aromatic rings. The van der Waals surface area contributed by atoms with Crippen LogP contribution in [0.5, 0.6) is 5.75 Å². The number of ether oxygens (including phenoxy) is 1. The van der Waals surface area contributed by atoms with Gasteiger partial charge in [-0.2, -0.15) is 5.26 Å². The first-order valence-corrected chi connectivity index (χ1v) is 12.7. The summed E-state index contributed by atoms with van der Waals surface area (Å²) >= 11 is 2.72. The minimum Gasteiger partial charge on any atom is -0.484 e. The molecule has 1 aliphatic rings. The fourth-order valence-corrected chi connectivity index (χ4v) is 5.66. The van der Waals surface area contributed by atoms with E-state index in [0.29, 0.717) is 21.7 Å². The van der Waals surface area contributed by atoms with Crippen molar-refractivity contribution in [2.75, 3.05) is 5.32 Å². The van der Waals surface area contributed by atoms with Crippen LogP contribution in [0.15, 0.2) is 27.8 Å². The number of benzene rings is 1. The van der Waals surface area contributed by atoms with Crippen LogP contribution in [-0.4, -0.2) is 21.4 Å². The van der Waals surface area contributed by atoms with Gasteiger partial charge in [0.1, 0.15) is 16.8 Å². The van der Waals surface area contributed by atoms with Crippen molar-refractivity contribution in [2.45, 2.75) is 70.0 Å². The van der Waals surface area contributed by atoms with Crippen LogP contribution in [0.1, 0.15) is 59.2 Å². The topological polar surface area (TPSA) is 101 Å². The number of nitrogens with one attached hydrogen (secondary N) is 1. The number of nitriles is 1. The third-order valence-electron chi connectivity index (χ3n) is 5.56. The molecule has 1 unspecified atom stereocenters. The molecule has 172 valence electrons. The van der Waals surface area contributed by atoms with Crippen LogP contribution in [0.2, 0.25) is 0 Å². The fourth-order valence-electron chi connectivity index (χ4n) is 3.71. The predicted molar refractivity (Wildman–Crippen MR) is 129 cm³/mol. The molecule has 2 heterocycles. The van der Waals surface area contributed by atoms with Crippen LogP contribution in [0.25, 0.3) is 0 Å². The van der Waals surface area contributed by atoms with Crippen molar-refractivity contribution in [3.05, 3.63) is 51.2 Å². The summed E-state index contributed by atoms with van der Waals surface area (Å²) in [7, 11) is 0. The highest BCUT2D eigenvalue weighted by molar-refractivity contribution is 8.00. The van der Waals surface area contributed by atoms with Gasteiger partial charge in [-0.25, -0.2) is 0 Å². The Morgan fingerprint density at radius 2 is 2.12 bits per heavy atom. The summed E-state index contributed by atoms with van der Waals surface area (Å²) in [6.45, 7) is 5.92. The molecule has 7 nitrogen and oxygen atoms in total. The minimum atomic E-state index is -0.466. The number of carbonyl (C=O) groups is 1. The number of aromatic nitrogens is 2. The number of amides is 1. The standard InChI is InChI=1S/C24H26N4O3S2/c1-14-9-10-15(2)19(11-14)30-13-21-27-28-24(31-21)32-16(3)22(29)26-23-18(12-25)17-7-5-4-6-8-20(17)33-23/h9-11,16H,4-8,13H2,1-3H3,(H,26,29). The molecular formula is C24H26N4O3S2. The smallest absolute Gasteiger partial charge is 0.277 e. The van der Waals surface area contributed by atoms with Crippen LogP contribution in [-0.2, 0) is 24.2 Å². The molecule has 1 aliphatic carbocycles. The van der Waals surface area contributed by atoms with Crippen molar-refractivity contribution in [2.24, 2.45) is 0 Å². The van der Waals surface area contributed by atoms with Crippen molar-refractivity contribution in [1.29, 1.82) is 5.26 Å². The molecule has 1 N–H and O–H groups in total. The number of fused-ring (bicyclic) bond motifs is 1. The first-order valence-electron chi connectivity index (χ1n) is 11.0. The van der Waals surface area contributed by atoms with E-state index in [1.807, 2.05) is 32.0 Å². The summed E-state index contributed by atoms with van der Waals surface area (Å²) in [6, 6.07) is 8.30. The Labute approximate surface area is 201 Å². The van der Waals surface area contributed by atoms with E-state index >= 15 is 0 Å². The highest BCUT2D eigenvalue weighted by atomic mass is 32.2. The Hall–Kier alpha value is -2.83. The van der Waals surface area contributed by atoms with Gasteiger partial charge in [-0.05, 0) is 69.2 Å². The average Bonchev–Trinajstić information content (AvgIpc) is 3.30. The van der Waals surface area contributed by atoms with E-state index in [9.17, 15) is 10.1 Å². The zero-order chi connectivity index (χ0) is 23.4. The van der Waals surface area contributed by atoms with Gasteiger partial charge in [-0.15, -0.1) is 21.5 Å². The highest BCUT2D eigenvalue weighted by Gasteiger charge is 2.24. The molecule has 9 heteroatoms. The number of carbonyl (C=O) groups excluding carboxylic acids is 1. The van der Waals surface area contributed by atoms with Crippen molar-refractivity contribution in [3.63, 3.8) is 0 Å². The van der Waals surface area contributed by atoms with Gasteiger partial charge in [0.2, 0.25) is 5.91 Å². The number of thiophene rings is 1. The van der Waals surface area contributed by atoms with E-state index in [0.717, 1.165) is 48.1 Å². The van der Waals surface area contributed by atoms with Crippen molar-refractivity contribution >= 4 is 34.0 Å². The van der Waals surface area contributed by atoms with Crippen molar-refractivity contribution in [1.82, 2.24) is 10.2 Å². The summed E-state index contributed by atoms with van der Waals surface area (Å²) in [5, 5.41) is 21.2. The van der Waals surface area contributed by atoms with Crippen LogP contribution in [0, 0.1) is 25.2 Å². The van der Waals surface area contributed by atoms with Gasteiger partial charge in [0, 0.05) is 4.88 Å². The molecule has 1 aromatic carbocycles. The van der Waals surface area contributed by atoms with Gasteiger partial charge in [-0.1, -0.05) is 30.3 Å². The van der Waals surface area contributed by atoms with Gasteiger partial charge in [0.05, 0.1) is 10.8 Å². The lowest BCUT2D eigenvalue weighted by Crippen LogP contribution is -2.22. The molecule has 0 saturated carbocycles. The van der Waals surface area contributed by atoms with Gasteiger partial charge >= 0.3 is 0 Å². The predicted octanol–water partition coefficient (Wildman–Crippen LogP) is 5.59. The molecule has 1 atom stereocenters. The van der Waals surface area contributed by atoms with Crippen LogP contribution in [0.3, 0.4) is 0 Å². The Morgan fingerprint density at radius 3 is 2.94 bits per heavy atom. The first-order chi connectivity index (χ1) is 15.9. The molecule has 1 amide bonds. The monoisotopic (exact) mass is 482 g/mol. The SMILES string of the molecule is Cc1ccc(C)c(OCc2nnc(SC(C)C(=O)Nc3sc4c(c3C#N)CCCCC4)o2)c1. The number of aryl methyl sites for hydroxylation is 3. The summed E-state index contributed by atoms with van der Waals surface area (Å²) in [5.74, 6) is 0.928. The number of nitrogens with zero attached hydrogens (tertiary/aromatic N) is 3. The normalized spacial score (nSPS) is 14.1. The lowest BCUT2D eigenvalue weighted by molar-refractivity contribution is -0.115. The zero-order valence-corrected chi connectivity index (χ0v) is 20.6. The number of hydrogen-bond donors (Lipinski definition) is 1.